The van der Waals surface area contributed by atoms with Gasteiger partial charge in [-0.05, 0) is 49.4 Å². The van der Waals surface area contributed by atoms with Crippen LogP contribution in [0.15, 0.2) is 58.2 Å². The van der Waals surface area contributed by atoms with Crippen molar-refractivity contribution in [2.24, 2.45) is 0 Å². The number of aromatic nitrogens is 2. The molecule has 1 unspecified atom stereocenters. The summed E-state index contributed by atoms with van der Waals surface area (Å²) < 4.78 is 5.71. The lowest BCUT2D eigenvalue weighted by atomic mass is 9.87. The summed E-state index contributed by atoms with van der Waals surface area (Å²) in [5.41, 5.74) is 4.68. The van der Waals surface area contributed by atoms with Gasteiger partial charge in [0.25, 0.3) is 5.22 Å². The maximum Gasteiger partial charge on any atom is 0.277 e. The number of carbonyl (C=O) groups excluding carboxylic acids is 1. The first kappa shape index (κ1) is 18.7. The Morgan fingerprint density at radius 3 is 2.79 bits per heavy atom. The van der Waals surface area contributed by atoms with Crippen molar-refractivity contribution in [3.63, 3.8) is 0 Å². The van der Waals surface area contributed by atoms with Gasteiger partial charge >= 0.3 is 0 Å². The van der Waals surface area contributed by atoms with E-state index in [4.69, 9.17) is 4.42 Å². The Morgan fingerprint density at radius 1 is 1.18 bits per heavy atom. The monoisotopic (exact) mass is 393 g/mol. The molecule has 1 aromatic heterocycles. The second kappa shape index (κ2) is 8.19. The third kappa shape index (κ3) is 3.97. The Bertz CT molecular complexity index is 968. The van der Waals surface area contributed by atoms with Crippen molar-refractivity contribution in [1.82, 2.24) is 15.1 Å². The highest BCUT2D eigenvalue weighted by Gasteiger charge is 2.26. The lowest BCUT2D eigenvalue weighted by molar-refractivity contribution is -0.129. The van der Waals surface area contributed by atoms with Crippen LogP contribution in [0.3, 0.4) is 0 Å². The summed E-state index contributed by atoms with van der Waals surface area (Å²) in [6.07, 6.45) is 3.20. The minimum Gasteiger partial charge on any atom is -0.411 e. The van der Waals surface area contributed by atoms with E-state index >= 15 is 0 Å². The molecule has 144 valence electrons. The SMILES string of the molecule is Cc1ccc(-c2nnc(SCC(=O)N(C)C3CCCc4ccccc43)o2)cc1. The fourth-order valence-corrected chi connectivity index (χ4v) is 4.30. The fourth-order valence-electron chi connectivity index (χ4n) is 3.61. The molecule has 0 fully saturated rings. The molecule has 28 heavy (non-hydrogen) atoms. The standard InChI is InChI=1S/C22H23N3O2S/c1-15-10-12-17(13-11-15)21-23-24-22(27-21)28-14-20(26)25(2)19-9-5-7-16-6-3-4-8-18(16)19/h3-4,6,8,10-13,19H,5,7,9,14H2,1-2H3. The van der Waals surface area contributed by atoms with Crippen LogP contribution in [0.4, 0.5) is 0 Å². The number of fused-ring (bicyclic) bond motifs is 1. The van der Waals surface area contributed by atoms with Gasteiger partial charge in [0.1, 0.15) is 0 Å². The number of rotatable bonds is 5. The minimum atomic E-state index is 0.0711. The summed E-state index contributed by atoms with van der Waals surface area (Å²) in [7, 11) is 1.89. The number of benzene rings is 2. The number of carbonyl (C=O) groups is 1. The summed E-state index contributed by atoms with van der Waals surface area (Å²) in [5, 5.41) is 8.58. The average Bonchev–Trinajstić information content (AvgIpc) is 3.20. The number of thioether (sulfide) groups is 1. The summed E-state index contributed by atoms with van der Waals surface area (Å²) in [6.45, 7) is 2.03. The second-order valence-corrected chi connectivity index (χ2v) is 8.07. The van der Waals surface area contributed by atoms with Crippen molar-refractivity contribution >= 4 is 17.7 Å². The summed E-state index contributed by atoms with van der Waals surface area (Å²) in [5.74, 6) is 0.830. The highest BCUT2D eigenvalue weighted by atomic mass is 32.2. The molecular weight excluding hydrogens is 370 g/mol. The highest BCUT2D eigenvalue weighted by Crippen LogP contribution is 2.34. The predicted molar refractivity (Wildman–Crippen MR) is 110 cm³/mol. The maximum atomic E-state index is 12.8. The first-order chi connectivity index (χ1) is 13.6. The molecule has 0 N–H and O–H groups in total. The Hall–Kier alpha value is -2.60. The van der Waals surface area contributed by atoms with E-state index in [1.54, 1.807) is 0 Å². The summed E-state index contributed by atoms with van der Waals surface area (Å²) in [6, 6.07) is 16.5. The largest absolute Gasteiger partial charge is 0.411 e. The lowest BCUT2D eigenvalue weighted by Crippen LogP contribution is -2.34. The molecule has 5 nitrogen and oxygen atoms in total. The maximum absolute atomic E-state index is 12.8. The van der Waals surface area contributed by atoms with Gasteiger partial charge in [-0.2, -0.15) is 0 Å². The van der Waals surface area contributed by atoms with Crippen molar-refractivity contribution in [2.75, 3.05) is 12.8 Å². The van der Waals surface area contributed by atoms with E-state index in [9.17, 15) is 4.79 Å². The van der Waals surface area contributed by atoms with E-state index < -0.39 is 0 Å². The van der Waals surface area contributed by atoms with Gasteiger partial charge in [0.15, 0.2) is 0 Å². The van der Waals surface area contributed by atoms with Crippen LogP contribution in [0.1, 0.15) is 35.6 Å². The second-order valence-electron chi connectivity index (χ2n) is 7.14. The fraction of sp³-hybridized carbons (Fsp3) is 0.318. The Balaban J connectivity index is 1.39. The lowest BCUT2D eigenvalue weighted by Gasteiger charge is -2.33. The van der Waals surface area contributed by atoms with Crippen molar-refractivity contribution in [2.45, 2.75) is 37.5 Å². The molecule has 1 aliphatic rings. The highest BCUT2D eigenvalue weighted by molar-refractivity contribution is 7.99. The third-order valence-electron chi connectivity index (χ3n) is 5.22. The Morgan fingerprint density at radius 2 is 1.96 bits per heavy atom. The Kier molecular flexibility index (Phi) is 5.48. The predicted octanol–water partition coefficient (Wildman–Crippen LogP) is 4.67. The van der Waals surface area contributed by atoms with Crippen LogP contribution in [0.5, 0.6) is 0 Å². The number of nitrogens with zero attached hydrogens (tertiary/aromatic N) is 3. The van der Waals surface area contributed by atoms with E-state index in [1.807, 2.05) is 43.1 Å². The zero-order chi connectivity index (χ0) is 19.5. The van der Waals surface area contributed by atoms with Gasteiger partial charge in [0, 0.05) is 12.6 Å². The van der Waals surface area contributed by atoms with Gasteiger partial charge in [-0.15, -0.1) is 10.2 Å². The van der Waals surface area contributed by atoms with Gasteiger partial charge in [0.2, 0.25) is 11.8 Å². The van der Waals surface area contributed by atoms with Crippen LogP contribution < -0.4 is 0 Å². The van der Waals surface area contributed by atoms with Crippen molar-refractivity contribution in [3.8, 4) is 11.5 Å². The molecule has 1 atom stereocenters. The molecule has 6 heteroatoms. The zero-order valence-corrected chi connectivity index (χ0v) is 16.9. The van der Waals surface area contributed by atoms with Crippen LogP contribution in [0.25, 0.3) is 11.5 Å². The molecule has 1 amide bonds. The van der Waals surface area contributed by atoms with Crippen LogP contribution in [0.2, 0.25) is 0 Å². The molecule has 0 aliphatic heterocycles. The molecule has 0 radical (unpaired) electrons. The van der Waals surface area contributed by atoms with Gasteiger partial charge < -0.3 is 9.32 Å². The van der Waals surface area contributed by atoms with Crippen LogP contribution in [-0.2, 0) is 11.2 Å². The molecule has 2 aromatic carbocycles. The van der Waals surface area contributed by atoms with Crippen molar-refractivity contribution in [1.29, 1.82) is 0 Å². The van der Waals surface area contributed by atoms with Crippen LogP contribution >= 0.6 is 11.8 Å². The zero-order valence-electron chi connectivity index (χ0n) is 16.1. The molecule has 1 aliphatic carbocycles. The van der Waals surface area contributed by atoms with Crippen molar-refractivity contribution < 1.29 is 9.21 Å². The number of amides is 1. The van der Waals surface area contributed by atoms with E-state index in [0.29, 0.717) is 11.1 Å². The first-order valence-corrected chi connectivity index (χ1v) is 10.5. The van der Waals surface area contributed by atoms with Crippen LogP contribution in [-0.4, -0.2) is 33.8 Å². The summed E-state index contributed by atoms with van der Waals surface area (Å²) >= 11 is 1.29. The van der Waals surface area contributed by atoms with E-state index in [0.717, 1.165) is 24.8 Å². The van der Waals surface area contributed by atoms with Gasteiger partial charge in [-0.3, -0.25) is 4.79 Å². The molecule has 4 rings (SSSR count). The number of hydrogen-bond acceptors (Lipinski definition) is 5. The number of aryl methyl sites for hydroxylation is 2. The molecular formula is C22H23N3O2S. The van der Waals surface area contributed by atoms with E-state index in [-0.39, 0.29) is 17.7 Å². The quantitative estimate of drug-likeness (QED) is 0.590. The van der Waals surface area contributed by atoms with Gasteiger partial charge in [-0.1, -0.05) is 53.7 Å². The van der Waals surface area contributed by atoms with Gasteiger partial charge in [-0.25, -0.2) is 0 Å². The third-order valence-corrected chi connectivity index (χ3v) is 6.03. The first-order valence-electron chi connectivity index (χ1n) is 9.48. The molecule has 3 aromatic rings. The Labute approximate surface area is 169 Å². The van der Waals surface area contributed by atoms with Crippen LogP contribution in [0, 0.1) is 6.92 Å². The summed E-state index contributed by atoms with van der Waals surface area (Å²) in [4.78, 5) is 14.6. The molecule has 0 bridgehead atoms. The molecule has 0 saturated heterocycles. The molecule has 0 spiro atoms. The smallest absolute Gasteiger partial charge is 0.277 e. The average molecular weight is 394 g/mol. The molecule has 1 heterocycles. The minimum absolute atomic E-state index is 0.0711. The molecule has 0 saturated carbocycles. The van der Waals surface area contributed by atoms with Crippen molar-refractivity contribution in [3.05, 3.63) is 65.2 Å². The van der Waals surface area contributed by atoms with E-state index in [1.165, 1.54) is 28.5 Å². The normalized spacial score (nSPS) is 15.9. The van der Waals surface area contributed by atoms with Gasteiger partial charge in [0.05, 0.1) is 11.8 Å². The topological polar surface area (TPSA) is 59.2 Å². The van der Waals surface area contributed by atoms with E-state index in [2.05, 4.69) is 34.5 Å². The number of hydrogen-bond donors (Lipinski definition) is 0.